The van der Waals surface area contributed by atoms with Crippen molar-refractivity contribution in [3.63, 3.8) is 0 Å². The minimum Gasteiger partial charge on any atom is -0.457 e. The molecule has 7 rings (SSSR count). The van der Waals surface area contributed by atoms with Crippen molar-refractivity contribution in [2.24, 2.45) is 10.4 Å². The Kier molecular flexibility index (Phi) is 9.33. The van der Waals surface area contributed by atoms with Gasteiger partial charge in [0.15, 0.2) is 0 Å². The second-order valence-corrected chi connectivity index (χ2v) is 19.0. The van der Waals surface area contributed by atoms with E-state index in [0.29, 0.717) is 12.0 Å². The fourth-order valence-corrected chi connectivity index (χ4v) is 8.02. The SMILES string of the molecule is CC(C)c1cc(Oc2ccc3c4cc(C(C)(C)C)ccc4n(-c4cc(C(C)(C)C)ccn4)c3c2)cc(C2=N[C@H](C(C)(C)C)CN2C2CCCCC2)c1. The average Bonchev–Trinajstić information content (AvgIpc) is 3.68. The second-order valence-electron chi connectivity index (χ2n) is 19.0. The molecule has 5 heteroatoms. The smallest absolute Gasteiger partial charge is 0.137 e. The summed E-state index contributed by atoms with van der Waals surface area (Å²) in [5.74, 6) is 4.10. The Morgan fingerprint density at radius 3 is 2.08 bits per heavy atom. The molecule has 274 valence electrons. The third-order valence-corrected chi connectivity index (χ3v) is 11.5. The third-order valence-electron chi connectivity index (χ3n) is 11.5. The molecule has 1 saturated carbocycles. The highest BCUT2D eigenvalue weighted by molar-refractivity contribution is 6.10. The Morgan fingerprint density at radius 1 is 0.692 bits per heavy atom. The highest BCUT2D eigenvalue weighted by Crippen LogP contribution is 2.40. The number of fused-ring (bicyclic) bond motifs is 3. The van der Waals surface area contributed by atoms with Crippen LogP contribution in [0.25, 0.3) is 27.6 Å². The molecule has 52 heavy (non-hydrogen) atoms. The van der Waals surface area contributed by atoms with E-state index in [1.807, 2.05) is 6.20 Å². The van der Waals surface area contributed by atoms with Gasteiger partial charge in [0.2, 0.25) is 0 Å². The largest absolute Gasteiger partial charge is 0.457 e. The van der Waals surface area contributed by atoms with Gasteiger partial charge in [0, 0.05) is 41.2 Å². The number of rotatable bonds is 6. The van der Waals surface area contributed by atoms with Crippen LogP contribution in [0.2, 0.25) is 0 Å². The van der Waals surface area contributed by atoms with E-state index in [-0.39, 0.29) is 22.3 Å². The molecule has 1 fully saturated rings. The summed E-state index contributed by atoms with van der Waals surface area (Å²) in [4.78, 5) is 13.1. The van der Waals surface area contributed by atoms with Gasteiger partial charge in [0.1, 0.15) is 23.2 Å². The molecule has 0 unspecified atom stereocenters. The van der Waals surface area contributed by atoms with E-state index < -0.39 is 0 Å². The molecule has 3 aromatic carbocycles. The molecule has 0 N–H and O–H groups in total. The highest BCUT2D eigenvalue weighted by Gasteiger charge is 2.37. The van der Waals surface area contributed by atoms with E-state index in [4.69, 9.17) is 14.7 Å². The van der Waals surface area contributed by atoms with Gasteiger partial charge in [-0.3, -0.25) is 9.56 Å². The molecule has 2 aliphatic rings. The molecular weight excluding hydrogens is 637 g/mol. The van der Waals surface area contributed by atoms with Crippen LogP contribution in [0.15, 0.2) is 77.9 Å². The lowest BCUT2D eigenvalue weighted by molar-refractivity contribution is 0.218. The minimum absolute atomic E-state index is 0.00629. The van der Waals surface area contributed by atoms with Gasteiger partial charge in [-0.15, -0.1) is 0 Å². The topological polar surface area (TPSA) is 42.6 Å². The maximum atomic E-state index is 6.89. The van der Waals surface area contributed by atoms with Crippen molar-refractivity contribution in [2.75, 3.05) is 6.54 Å². The Bertz CT molecular complexity index is 2130. The van der Waals surface area contributed by atoms with Crippen LogP contribution in [0, 0.1) is 5.41 Å². The monoisotopic (exact) mass is 696 g/mol. The van der Waals surface area contributed by atoms with E-state index in [1.54, 1.807) is 0 Å². The summed E-state index contributed by atoms with van der Waals surface area (Å²) in [5.41, 5.74) is 7.41. The Morgan fingerprint density at radius 2 is 1.40 bits per heavy atom. The lowest BCUT2D eigenvalue weighted by atomic mass is 9.86. The Labute approximate surface area is 312 Å². The van der Waals surface area contributed by atoms with Gasteiger partial charge in [-0.2, -0.15) is 0 Å². The molecular formula is C47H60N4O. The van der Waals surface area contributed by atoms with E-state index >= 15 is 0 Å². The predicted molar refractivity (Wildman–Crippen MR) is 220 cm³/mol. The summed E-state index contributed by atoms with van der Waals surface area (Å²) in [7, 11) is 0. The van der Waals surface area contributed by atoms with Gasteiger partial charge >= 0.3 is 0 Å². The molecule has 2 aromatic heterocycles. The molecule has 0 radical (unpaired) electrons. The van der Waals surface area contributed by atoms with Gasteiger partial charge in [-0.1, -0.05) is 101 Å². The highest BCUT2D eigenvalue weighted by atomic mass is 16.5. The van der Waals surface area contributed by atoms with E-state index in [2.05, 4.69) is 152 Å². The number of ether oxygens (including phenoxy) is 1. The fourth-order valence-electron chi connectivity index (χ4n) is 8.02. The standard InChI is InChI=1S/C47H60N4O/c1-30(2)31-23-32(44-49-42(47(9,10)11)29-50(44)35-15-13-12-14-16-35)25-37(24-31)52-36-18-19-38-39-26-33(45(3,4)5)17-20-40(39)51(41(38)28-36)43-27-34(21-22-48-43)46(6,7)8/h17-28,30,35,42H,12-16,29H2,1-11H3/t42-/m0/s1. The van der Waals surface area contributed by atoms with Crippen molar-refractivity contribution in [1.29, 1.82) is 0 Å². The molecule has 0 amide bonds. The van der Waals surface area contributed by atoms with Crippen molar-refractivity contribution in [3.05, 3.63) is 95.2 Å². The maximum absolute atomic E-state index is 6.89. The zero-order valence-corrected chi connectivity index (χ0v) is 33.6. The summed E-state index contributed by atoms with van der Waals surface area (Å²) in [6, 6.07) is 25.5. The number of pyridine rings is 1. The summed E-state index contributed by atoms with van der Waals surface area (Å²) in [6.07, 6.45) is 8.41. The van der Waals surface area contributed by atoms with Crippen LogP contribution in [0.5, 0.6) is 11.5 Å². The van der Waals surface area contributed by atoms with Crippen LogP contribution < -0.4 is 4.74 Å². The number of hydrogen-bond acceptors (Lipinski definition) is 4. The average molecular weight is 697 g/mol. The molecule has 0 spiro atoms. The van der Waals surface area contributed by atoms with Gasteiger partial charge < -0.3 is 9.64 Å². The number of amidine groups is 1. The van der Waals surface area contributed by atoms with Crippen molar-refractivity contribution < 1.29 is 4.74 Å². The van der Waals surface area contributed by atoms with Gasteiger partial charge in [-0.05, 0) is 106 Å². The van der Waals surface area contributed by atoms with Gasteiger partial charge in [-0.25, -0.2) is 4.98 Å². The van der Waals surface area contributed by atoms with Crippen LogP contribution in [-0.2, 0) is 10.8 Å². The second kappa shape index (κ2) is 13.4. The Hall–Kier alpha value is -4.12. The van der Waals surface area contributed by atoms with E-state index in [0.717, 1.165) is 40.7 Å². The van der Waals surface area contributed by atoms with Crippen molar-refractivity contribution in [3.8, 4) is 17.3 Å². The lowest BCUT2D eigenvalue weighted by Crippen LogP contribution is -2.42. The van der Waals surface area contributed by atoms with Gasteiger partial charge in [0.05, 0.1) is 17.1 Å². The van der Waals surface area contributed by atoms with Crippen LogP contribution in [0.1, 0.15) is 136 Å². The van der Waals surface area contributed by atoms with Crippen molar-refractivity contribution >= 4 is 27.6 Å². The molecule has 0 bridgehead atoms. The molecule has 5 aromatic rings. The molecule has 1 aliphatic carbocycles. The summed E-state index contributed by atoms with van der Waals surface area (Å²) >= 11 is 0. The molecule has 5 nitrogen and oxygen atoms in total. The number of hydrogen-bond donors (Lipinski definition) is 0. The van der Waals surface area contributed by atoms with Crippen LogP contribution in [-0.4, -0.2) is 38.9 Å². The maximum Gasteiger partial charge on any atom is 0.137 e. The molecule has 0 saturated heterocycles. The number of aromatic nitrogens is 2. The van der Waals surface area contributed by atoms with Crippen LogP contribution in [0.4, 0.5) is 0 Å². The zero-order chi connectivity index (χ0) is 37.2. The predicted octanol–water partition coefficient (Wildman–Crippen LogP) is 12.5. The number of nitrogens with zero attached hydrogens (tertiary/aromatic N) is 4. The molecule has 1 aliphatic heterocycles. The fraction of sp³-hybridized carbons (Fsp3) is 0.489. The number of aliphatic imine (C=N–C) groups is 1. The summed E-state index contributed by atoms with van der Waals surface area (Å²) < 4.78 is 9.20. The number of benzene rings is 3. The summed E-state index contributed by atoms with van der Waals surface area (Å²) in [6.45, 7) is 26.1. The minimum atomic E-state index is 0.00629. The normalized spacial score (nSPS) is 17.8. The first-order valence-corrected chi connectivity index (χ1v) is 19.7. The molecule has 3 heterocycles. The quantitative estimate of drug-likeness (QED) is 0.177. The third kappa shape index (κ3) is 7.13. The van der Waals surface area contributed by atoms with Crippen molar-refractivity contribution in [1.82, 2.24) is 14.5 Å². The van der Waals surface area contributed by atoms with Crippen LogP contribution >= 0.6 is 0 Å². The first kappa shape index (κ1) is 36.2. The van der Waals surface area contributed by atoms with E-state index in [9.17, 15) is 0 Å². The first-order chi connectivity index (χ1) is 24.5. The molecule has 1 atom stereocenters. The van der Waals surface area contributed by atoms with Crippen LogP contribution in [0.3, 0.4) is 0 Å². The Balaban J connectivity index is 1.34. The zero-order valence-electron chi connectivity index (χ0n) is 33.6. The van der Waals surface area contributed by atoms with E-state index in [1.165, 1.54) is 65.1 Å². The van der Waals surface area contributed by atoms with Gasteiger partial charge in [0.25, 0.3) is 0 Å². The first-order valence-electron chi connectivity index (χ1n) is 19.7. The summed E-state index contributed by atoms with van der Waals surface area (Å²) in [5, 5.41) is 2.43. The van der Waals surface area contributed by atoms with Crippen molar-refractivity contribution in [2.45, 2.75) is 137 Å². The lowest BCUT2D eigenvalue weighted by Gasteiger charge is -2.35.